The van der Waals surface area contributed by atoms with Crippen molar-refractivity contribution in [1.82, 2.24) is 9.29 Å². The van der Waals surface area contributed by atoms with Crippen LogP contribution in [0.4, 0.5) is 5.13 Å². The molecular formula is C14H18ClN3O2S2. The number of anilines is 1. The molecule has 22 heavy (non-hydrogen) atoms. The van der Waals surface area contributed by atoms with Gasteiger partial charge in [0, 0.05) is 31.2 Å². The molecule has 0 N–H and O–H groups in total. The Morgan fingerprint density at radius 2 is 2.00 bits per heavy atom. The van der Waals surface area contributed by atoms with Gasteiger partial charge in [-0.15, -0.1) is 0 Å². The Morgan fingerprint density at radius 3 is 2.73 bits per heavy atom. The van der Waals surface area contributed by atoms with Gasteiger partial charge in [0.2, 0.25) is 10.0 Å². The minimum absolute atomic E-state index is 0.508. The molecule has 0 spiro atoms. The van der Waals surface area contributed by atoms with E-state index in [1.165, 1.54) is 6.26 Å². The van der Waals surface area contributed by atoms with Gasteiger partial charge in [0.05, 0.1) is 16.5 Å². The lowest BCUT2D eigenvalue weighted by atomic mass is 10.2. The van der Waals surface area contributed by atoms with Crippen molar-refractivity contribution in [3.63, 3.8) is 0 Å². The molecule has 0 atom stereocenters. The van der Waals surface area contributed by atoms with Crippen LogP contribution in [0.5, 0.6) is 0 Å². The summed E-state index contributed by atoms with van der Waals surface area (Å²) in [5, 5.41) is 1.66. The molecule has 1 aliphatic rings. The lowest BCUT2D eigenvalue weighted by Crippen LogP contribution is -2.34. The number of thiazole rings is 1. The van der Waals surface area contributed by atoms with Crippen molar-refractivity contribution in [3.8, 4) is 0 Å². The monoisotopic (exact) mass is 359 g/mol. The number of halogens is 1. The van der Waals surface area contributed by atoms with Crippen LogP contribution < -0.4 is 4.90 Å². The molecule has 1 fully saturated rings. The normalized spacial score (nSPS) is 17.9. The molecule has 0 unspecified atom stereocenters. The van der Waals surface area contributed by atoms with E-state index in [1.807, 2.05) is 19.1 Å². The number of fused-ring (bicyclic) bond motifs is 1. The molecule has 1 aromatic carbocycles. The molecule has 0 radical (unpaired) electrons. The average Bonchev–Trinajstić information content (AvgIpc) is 2.68. The highest BCUT2D eigenvalue weighted by molar-refractivity contribution is 7.88. The number of hydrogen-bond acceptors (Lipinski definition) is 5. The van der Waals surface area contributed by atoms with E-state index in [0.717, 1.165) is 38.9 Å². The summed E-state index contributed by atoms with van der Waals surface area (Å²) in [6.07, 6.45) is 2.08. The van der Waals surface area contributed by atoms with Crippen molar-refractivity contribution < 1.29 is 8.42 Å². The molecule has 0 saturated carbocycles. The Labute approximate surface area is 139 Å². The van der Waals surface area contributed by atoms with Crippen LogP contribution in [0, 0.1) is 6.92 Å². The standard InChI is InChI=1S/C14H18ClN3O2S2/c1-10-8-11(15)9-12-13(10)16-14(21-12)17-4-3-5-18(7-6-17)22(2,19)20/h8-9H,3-7H2,1-2H3. The molecule has 3 rings (SSSR count). The first-order valence-electron chi connectivity index (χ1n) is 7.11. The molecule has 0 amide bonds. The van der Waals surface area contributed by atoms with E-state index >= 15 is 0 Å². The third-order valence-corrected chi connectivity index (χ3v) is 6.42. The van der Waals surface area contributed by atoms with Crippen molar-refractivity contribution in [2.45, 2.75) is 13.3 Å². The highest BCUT2D eigenvalue weighted by atomic mass is 35.5. The number of rotatable bonds is 2. The first-order valence-corrected chi connectivity index (χ1v) is 10.2. The van der Waals surface area contributed by atoms with Crippen LogP contribution in [-0.4, -0.2) is 50.1 Å². The summed E-state index contributed by atoms with van der Waals surface area (Å²) < 4.78 is 26.0. The molecule has 120 valence electrons. The van der Waals surface area contributed by atoms with Crippen LogP contribution in [0.15, 0.2) is 12.1 Å². The third-order valence-electron chi connectivity index (χ3n) is 3.83. The predicted octanol–water partition coefficient (Wildman–Crippen LogP) is 2.73. The van der Waals surface area contributed by atoms with E-state index in [0.29, 0.717) is 19.6 Å². The van der Waals surface area contributed by atoms with Crippen LogP contribution in [0.1, 0.15) is 12.0 Å². The van der Waals surface area contributed by atoms with Gasteiger partial charge in [0.25, 0.3) is 0 Å². The molecule has 1 aliphatic heterocycles. The van der Waals surface area contributed by atoms with Crippen LogP contribution >= 0.6 is 22.9 Å². The SMILES string of the molecule is Cc1cc(Cl)cc2sc(N3CCCN(S(C)(=O)=O)CC3)nc12. The Kier molecular flexibility index (Phi) is 4.33. The van der Waals surface area contributed by atoms with E-state index in [-0.39, 0.29) is 0 Å². The average molecular weight is 360 g/mol. The lowest BCUT2D eigenvalue weighted by Gasteiger charge is -2.19. The first kappa shape index (κ1) is 16.0. The van der Waals surface area contributed by atoms with Gasteiger partial charge in [-0.05, 0) is 31.0 Å². The fourth-order valence-corrected chi connectivity index (χ4v) is 5.04. The van der Waals surface area contributed by atoms with Crippen LogP contribution in [0.3, 0.4) is 0 Å². The number of hydrogen-bond donors (Lipinski definition) is 0. The first-order chi connectivity index (χ1) is 10.3. The van der Waals surface area contributed by atoms with Gasteiger partial charge in [0.1, 0.15) is 0 Å². The van der Waals surface area contributed by atoms with E-state index in [1.54, 1.807) is 15.6 Å². The number of benzene rings is 1. The molecule has 1 saturated heterocycles. The van der Waals surface area contributed by atoms with E-state index < -0.39 is 10.0 Å². The number of nitrogens with zero attached hydrogens (tertiary/aromatic N) is 3. The number of aryl methyl sites for hydroxylation is 1. The van der Waals surface area contributed by atoms with Gasteiger partial charge in [0.15, 0.2) is 5.13 Å². The largest absolute Gasteiger partial charge is 0.347 e. The zero-order valence-corrected chi connectivity index (χ0v) is 14.9. The second-order valence-electron chi connectivity index (χ2n) is 5.57. The van der Waals surface area contributed by atoms with Crippen LogP contribution in [0.25, 0.3) is 10.2 Å². The summed E-state index contributed by atoms with van der Waals surface area (Å²) in [5.74, 6) is 0. The smallest absolute Gasteiger partial charge is 0.211 e. The predicted molar refractivity (Wildman–Crippen MR) is 92.6 cm³/mol. The summed E-state index contributed by atoms with van der Waals surface area (Å²) in [5.41, 5.74) is 2.05. The van der Waals surface area contributed by atoms with Gasteiger partial charge in [-0.25, -0.2) is 17.7 Å². The van der Waals surface area contributed by atoms with Gasteiger partial charge in [-0.3, -0.25) is 0 Å². The van der Waals surface area contributed by atoms with Gasteiger partial charge >= 0.3 is 0 Å². The second kappa shape index (κ2) is 5.96. The maximum Gasteiger partial charge on any atom is 0.211 e. The zero-order valence-electron chi connectivity index (χ0n) is 12.5. The maximum absolute atomic E-state index is 11.7. The van der Waals surface area contributed by atoms with E-state index in [9.17, 15) is 8.42 Å². The fraction of sp³-hybridized carbons (Fsp3) is 0.500. The molecular weight excluding hydrogens is 342 g/mol. The summed E-state index contributed by atoms with van der Waals surface area (Å²) in [6.45, 7) is 4.57. The molecule has 2 heterocycles. The topological polar surface area (TPSA) is 53.5 Å². The second-order valence-corrected chi connectivity index (χ2v) is 9.00. The molecule has 5 nitrogen and oxygen atoms in total. The van der Waals surface area contributed by atoms with Crippen molar-refractivity contribution >= 4 is 48.3 Å². The fourth-order valence-electron chi connectivity index (χ4n) is 2.69. The quantitative estimate of drug-likeness (QED) is 0.827. The van der Waals surface area contributed by atoms with Gasteiger partial charge < -0.3 is 4.90 Å². The van der Waals surface area contributed by atoms with Gasteiger partial charge in [-0.2, -0.15) is 0 Å². The minimum atomic E-state index is -3.12. The minimum Gasteiger partial charge on any atom is -0.347 e. The van der Waals surface area contributed by atoms with Crippen molar-refractivity contribution in [1.29, 1.82) is 0 Å². The van der Waals surface area contributed by atoms with Crippen molar-refractivity contribution in [3.05, 3.63) is 22.7 Å². The van der Waals surface area contributed by atoms with Crippen molar-refractivity contribution in [2.24, 2.45) is 0 Å². The van der Waals surface area contributed by atoms with E-state index in [2.05, 4.69) is 4.90 Å². The summed E-state index contributed by atoms with van der Waals surface area (Å²) >= 11 is 7.72. The number of sulfonamides is 1. The van der Waals surface area contributed by atoms with Crippen LogP contribution in [-0.2, 0) is 10.0 Å². The highest BCUT2D eigenvalue weighted by Crippen LogP contribution is 2.33. The Balaban J connectivity index is 1.87. The molecule has 1 aromatic heterocycles. The molecule has 2 aromatic rings. The third kappa shape index (κ3) is 3.22. The highest BCUT2D eigenvalue weighted by Gasteiger charge is 2.23. The Bertz CT molecular complexity index is 804. The van der Waals surface area contributed by atoms with Crippen LogP contribution in [0.2, 0.25) is 5.02 Å². The number of aromatic nitrogens is 1. The maximum atomic E-state index is 11.7. The Morgan fingerprint density at radius 1 is 1.23 bits per heavy atom. The zero-order chi connectivity index (χ0) is 15.9. The molecule has 0 bridgehead atoms. The van der Waals surface area contributed by atoms with Crippen molar-refractivity contribution in [2.75, 3.05) is 37.3 Å². The van der Waals surface area contributed by atoms with Gasteiger partial charge in [-0.1, -0.05) is 22.9 Å². The summed E-state index contributed by atoms with van der Waals surface area (Å²) in [4.78, 5) is 6.89. The lowest BCUT2D eigenvalue weighted by molar-refractivity contribution is 0.437. The Hall–Kier alpha value is -0.890. The van der Waals surface area contributed by atoms with E-state index in [4.69, 9.17) is 16.6 Å². The molecule has 8 heteroatoms. The molecule has 0 aliphatic carbocycles. The summed E-state index contributed by atoms with van der Waals surface area (Å²) in [6, 6.07) is 3.85. The summed E-state index contributed by atoms with van der Waals surface area (Å²) in [7, 11) is -3.12.